The normalized spacial score (nSPS) is 13.0. The quantitative estimate of drug-likeness (QED) is 0.0545. The van der Waals surface area contributed by atoms with Crippen molar-refractivity contribution in [1.29, 1.82) is 0 Å². The number of nitrogens with zero attached hydrogens (tertiary/aromatic N) is 1. The van der Waals surface area contributed by atoms with E-state index in [9.17, 15) is 36.7 Å². The van der Waals surface area contributed by atoms with Crippen LogP contribution in [0.3, 0.4) is 0 Å². The predicted octanol–water partition coefficient (Wildman–Crippen LogP) is 3.59. The zero-order chi connectivity index (χ0) is 26.7. The van der Waals surface area contributed by atoms with Crippen molar-refractivity contribution in [2.24, 2.45) is 0 Å². The van der Waals surface area contributed by atoms with E-state index < -0.39 is 40.3 Å². The zero-order valence-corrected chi connectivity index (χ0v) is 20.9. The molecule has 1 aliphatic heterocycles. The van der Waals surface area contributed by atoms with Gasteiger partial charge in [-0.3, -0.25) is 24.1 Å². The second-order valence-electron chi connectivity index (χ2n) is 8.31. The van der Waals surface area contributed by atoms with Crippen LogP contribution in [0.5, 0.6) is 5.75 Å². The average Bonchev–Trinajstić information content (AvgIpc) is 3.17. The third kappa shape index (κ3) is 8.69. The smallest absolute Gasteiger partial charge is 0.311 e. The summed E-state index contributed by atoms with van der Waals surface area (Å²) < 4.78 is 58.4. The van der Waals surface area contributed by atoms with Crippen molar-refractivity contribution in [2.75, 3.05) is 13.1 Å². The maximum atomic E-state index is 13.7. The number of amides is 3. The van der Waals surface area contributed by atoms with Crippen LogP contribution in [0.4, 0.5) is 17.6 Å². The van der Waals surface area contributed by atoms with Gasteiger partial charge in [-0.2, -0.15) is 4.39 Å². The number of carbonyl (C=O) groups excluding carboxylic acids is 4. The minimum atomic E-state index is -2.03. The molecule has 1 N–H and O–H groups in total. The van der Waals surface area contributed by atoms with Gasteiger partial charge < -0.3 is 10.1 Å². The van der Waals surface area contributed by atoms with E-state index in [1.807, 2.05) is 0 Å². The van der Waals surface area contributed by atoms with Crippen LogP contribution in [0.25, 0.3) is 0 Å². The zero-order valence-electron chi connectivity index (χ0n) is 19.7. The summed E-state index contributed by atoms with van der Waals surface area (Å²) in [6, 6.07) is 0. The number of rotatable bonds is 15. The molecular formula is C24H29F4N2O5P. The van der Waals surface area contributed by atoms with Crippen LogP contribution in [0.2, 0.25) is 0 Å². The summed E-state index contributed by atoms with van der Waals surface area (Å²) in [6.07, 6.45) is 9.10. The van der Waals surface area contributed by atoms with Gasteiger partial charge in [-0.15, -0.1) is 0 Å². The summed E-state index contributed by atoms with van der Waals surface area (Å²) in [6.45, 7) is 0.365. The molecule has 0 saturated carbocycles. The van der Waals surface area contributed by atoms with E-state index in [2.05, 4.69) is 5.32 Å². The highest BCUT2D eigenvalue weighted by molar-refractivity contribution is 7.27. The summed E-state index contributed by atoms with van der Waals surface area (Å²) in [5.41, 5.74) is 0. The van der Waals surface area contributed by atoms with Crippen LogP contribution in [-0.2, 0) is 19.2 Å². The predicted molar refractivity (Wildman–Crippen MR) is 126 cm³/mol. The van der Waals surface area contributed by atoms with Gasteiger partial charge in [0.05, 0.1) is 5.30 Å². The number of imide groups is 1. The van der Waals surface area contributed by atoms with Gasteiger partial charge in [0.15, 0.2) is 17.4 Å². The number of hydrogen-bond donors (Lipinski definition) is 1. The van der Waals surface area contributed by atoms with Crippen LogP contribution in [0, 0.1) is 23.3 Å². The Morgan fingerprint density at radius 3 is 1.86 bits per heavy atom. The Balaban J connectivity index is 1.47. The highest BCUT2D eigenvalue weighted by Gasteiger charge is 2.26. The Hall–Kier alpha value is -2.81. The van der Waals surface area contributed by atoms with Crippen LogP contribution in [0.1, 0.15) is 64.2 Å². The van der Waals surface area contributed by atoms with Crippen LogP contribution in [0.15, 0.2) is 12.2 Å². The van der Waals surface area contributed by atoms with E-state index in [0.29, 0.717) is 19.3 Å². The van der Waals surface area contributed by atoms with Crippen molar-refractivity contribution in [1.82, 2.24) is 10.2 Å². The largest absolute Gasteiger partial charge is 0.422 e. The first-order valence-electron chi connectivity index (χ1n) is 11.8. The molecular weight excluding hydrogens is 503 g/mol. The Morgan fingerprint density at radius 1 is 0.778 bits per heavy atom. The fraction of sp³-hybridized carbons (Fsp3) is 0.500. The highest BCUT2D eigenvalue weighted by atomic mass is 31.0. The SMILES string of the molecule is O=C(CCCCCCCCCCC(=O)Oc1c(F)c(F)c(F)c(F)c1P)NCCN1C(=O)C=CC1=O. The molecule has 0 spiro atoms. The van der Waals surface area contributed by atoms with Gasteiger partial charge in [0, 0.05) is 38.1 Å². The Bertz CT molecular complexity index is 972. The van der Waals surface area contributed by atoms with Crippen LogP contribution >= 0.6 is 9.24 Å². The molecule has 1 atom stereocenters. The number of benzene rings is 1. The van der Waals surface area contributed by atoms with Gasteiger partial charge in [-0.1, -0.05) is 47.8 Å². The molecule has 0 aliphatic carbocycles. The number of carbonyl (C=O) groups is 4. The summed E-state index contributed by atoms with van der Waals surface area (Å²) in [7, 11) is 1.69. The van der Waals surface area contributed by atoms with Gasteiger partial charge in [0.25, 0.3) is 11.8 Å². The molecule has 1 aromatic carbocycles. The van der Waals surface area contributed by atoms with E-state index in [1.165, 1.54) is 12.2 Å². The van der Waals surface area contributed by atoms with Crippen LogP contribution < -0.4 is 15.4 Å². The molecule has 2 rings (SSSR count). The Labute approximate surface area is 208 Å². The van der Waals surface area contributed by atoms with E-state index in [1.54, 1.807) is 9.24 Å². The van der Waals surface area contributed by atoms with Crippen molar-refractivity contribution >= 4 is 38.2 Å². The first-order chi connectivity index (χ1) is 17.1. The number of hydrogen-bond acceptors (Lipinski definition) is 5. The van der Waals surface area contributed by atoms with Crippen molar-refractivity contribution in [2.45, 2.75) is 64.2 Å². The Kier molecular flexibility index (Phi) is 12.0. The van der Waals surface area contributed by atoms with E-state index in [0.717, 1.165) is 43.4 Å². The minimum absolute atomic E-state index is 0.0735. The number of unbranched alkanes of at least 4 members (excludes halogenated alkanes) is 7. The molecule has 0 fully saturated rings. The van der Waals surface area contributed by atoms with Crippen molar-refractivity contribution in [3.05, 3.63) is 35.4 Å². The molecule has 12 heteroatoms. The molecule has 1 aliphatic rings. The fourth-order valence-corrected chi connectivity index (χ4v) is 3.87. The van der Waals surface area contributed by atoms with Gasteiger partial charge >= 0.3 is 5.97 Å². The lowest BCUT2D eigenvalue weighted by Crippen LogP contribution is -2.38. The van der Waals surface area contributed by atoms with Gasteiger partial charge in [-0.25, -0.2) is 13.2 Å². The monoisotopic (exact) mass is 532 g/mol. The highest BCUT2D eigenvalue weighted by Crippen LogP contribution is 2.25. The summed E-state index contributed by atoms with van der Waals surface area (Å²) >= 11 is 0. The van der Waals surface area contributed by atoms with Gasteiger partial charge in [0.2, 0.25) is 17.5 Å². The Morgan fingerprint density at radius 2 is 1.28 bits per heavy atom. The first kappa shape index (κ1) is 29.4. The molecule has 1 unspecified atom stereocenters. The number of halogens is 4. The van der Waals surface area contributed by atoms with Crippen LogP contribution in [-0.4, -0.2) is 41.7 Å². The lowest BCUT2D eigenvalue weighted by molar-refractivity contribution is -0.137. The van der Waals surface area contributed by atoms with Crippen molar-refractivity contribution in [3.8, 4) is 5.75 Å². The average molecular weight is 532 g/mol. The molecule has 3 amide bonds. The van der Waals surface area contributed by atoms with E-state index in [4.69, 9.17) is 4.74 Å². The molecule has 7 nitrogen and oxygen atoms in total. The molecule has 0 radical (unpaired) electrons. The third-order valence-electron chi connectivity index (χ3n) is 5.57. The molecule has 0 aromatic heterocycles. The van der Waals surface area contributed by atoms with Crippen molar-refractivity contribution in [3.63, 3.8) is 0 Å². The standard InChI is InChI=1S/C24H29F4N2O5P/c25-19-20(26)22(28)24(36)23(21(19)27)35-18(34)10-8-6-4-2-1-3-5-7-9-15(31)29-13-14-30-16(32)11-12-17(30)33/h11-12H,1-10,13-14,36H2,(H,29,31). The molecule has 1 aromatic rings. The minimum Gasteiger partial charge on any atom is -0.422 e. The molecule has 0 bridgehead atoms. The lowest BCUT2D eigenvalue weighted by atomic mass is 10.1. The molecule has 1 heterocycles. The molecule has 36 heavy (non-hydrogen) atoms. The van der Waals surface area contributed by atoms with Gasteiger partial charge in [-0.05, 0) is 12.8 Å². The molecule has 0 saturated heterocycles. The summed E-state index contributed by atoms with van der Waals surface area (Å²) in [5, 5.41) is 2.00. The second-order valence-corrected chi connectivity index (χ2v) is 8.89. The maximum absolute atomic E-state index is 13.7. The number of esters is 1. The van der Waals surface area contributed by atoms with E-state index in [-0.39, 0.29) is 37.2 Å². The summed E-state index contributed by atoms with van der Waals surface area (Å²) in [4.78, 5) is 47.5. The third-order valence-corrected chi connectivity index (χ3v) is 6.08. The topological polar surface area (TPSA) is 92.8 Å². The maximum Gasteiger partial charge on any atom is 0.311 e. The van der Waals surface area contributed by atoms with Crippen molar-refractivity contribution < 1.29 is 41.5 Å². The number of ether oxygens (including phenoxy) is 1. The lowest BCUT2D eigenvalue weighted by Gasteiger charge is -2.13. The first-order valence-corrected chi connectivity index (χ1v) is 12.3. The number of nitrogens with one attached hydrogen (secondary N) is 1. The van der Waals surface area contributed by atoms with Gasteiger partial charge in [0.1, 0.15) is 0 Å². The summed E-state index contributed by atoms with van der Waals surface area (Å²) in [5.74, 6) is -10.1. The van der Waals surface area contributed by atoms with E-state index >= 15 is 0 Å². The molecule has 198 valence electrons. The second kappa shape index (κ2) is 14.7. The fourth-order valence-electron chi connectivity index (χ4n) is 3.56.